The summed E-state index contributed by atoms with van der Waals surface area (Å²) in [5.74, 6) is -0.353. The molecule has 1 aromatic rings. The molecule has 5 nitrogen and oxygen atoms in total. The Hall–Kier alpha value is -1.88. The van der Waals surface area contributed by atoms with Crippen molar-refractivity contribution in [2.45, 2.75) is 12.8 Å². The quantitative estimate of drug-likeness (QED) is 0.677. The first-order chi connectivity index (χ1) is 8.19. The van der Waals surface area contributed by atoms with Crippen LogP contribution in [-0.4, -0.2) is 30.1 Å². The van der Waals surface area contributed by atoms with Gasteiger partial charge in [0.25, 0.3) is 0 Å². The fourth-order valence-electron chi connectivity index (χ4n) is 1.84. The first-order valence-electron chi connectivity index (χ1n) is 5.48. The Morgan fingerprint density at radius 2 is 2.29 bits per heavy atom. The van der Waals surface area contributed by atoms with E-state index in [0.717, 1.165) is 16.8 Å². The van der Waals surface area contributed by atoms with Crippen LogP contribution in [0.4, 0.5) is 5.69 Å². The van der Waals surface area contributed by atoms with Crippen molar-refractivity contribution in [1.82, 2.24) is 5.32 Å². The fraction of sp³-hybridized carbons (Fsp3) is 0.333. The monoisotopic (exact) mass is 234 g/mol. The highest BCUT2D eigenvalue weighted by atomic mass is 16.3. The molecule has 0 bridgehead atoms. The van der Waals surface area contributed by atoms with Gasteiger partial charge in [0, 0.05) is 12.2 Å². The minimum Gasteiger partial charge on any atom is -0.387 e. The number of carbonyl (C=O) groups is 2. The van der Waals surface area contributed by atoms with Crippen LogP contribution in [0.1, 0.15) is 11.1 Å². The van der Waals surface area contributed by atoms with E-state index in [9.17, 15) is 9.59 Å². The minimum absolute atomic E-state index is 0.0192. The van der Waals surface area contributed by atoms with Crippen molar-refractivity contribution in [2.75, 3.05) is 18.5 Å². The van der Waals surface area contributed by atoms with Crippen LogP contribution in [0.15, 0.2) is 18.2 Å². The molecule has 90 valence electrons. The van der Waals surface area contributed by atoms with Gasteiger partial charge in [-0.15, -0.1) is 0 Å². The number of aliphatic hydroxyl groups excluding tert-OH is 1. The molecule has 0 saturated heterocycles. The number of aliphatic hydroxyl groups is 1. The van der Waals surface area contributed by atoms with Gasteiger partial charge in [0.1, 0.15) is 6.61 Å². The summed E-state index contributed by atoms with van der Waals surface area (Å²) in [6.45, 7) is 0.00215. The molecule has 0 aromatic heterocycles. The Labute approximate surface area is 98.8 Å². The van der Waals surface area contributed by atoms with Gasteiger partial charge in [-0.3, -0.25) is 9.59 Å². The van der Waals surface area contributed by atoms with E-state index < -0.39 is 6.61 Å². The molecule has 5 heteroatoms. The first-order valence-corrected chi connectivity index (χ1v) is 5.48. The third kappa shape index (κ3) is 2.82. The Morgan fingerprint density at radius 3 is 3.06 bits per heavy atom. The van der Waals surface area contributed by atoms with Crippen molar-refractivity contribution >= 4 is 17.5 Å². The third-order valence-corrected chi connectivity index (χ3v) is 2.67. The third-order valence-electron chi connectivity index (χ3n) is 2.67. The largest absolute Gasteiger partial charge is 0.387 e. The van der Waals surface area contributed by atoms with E-state index in [1.807, 2.05) is 18.2 Å². The van der Waals surface area contributed by atoms with Gasteiger partial charge < -0.3 is 15.7 Å². The SMILES string of the molecule is O=C(CO)NCCc1ccc2c(c1)CC(=O)N2. The standard InChI is InChI=1S/C12H14N2O3/c15-7-12(17)13-4-3-8-1-2-10-9(5-8)6-11(16)14-10/h1-2,5,15H,3-4,6-7H2,(H,13,17)(H,14,16). The maximum Gasteiger partial charge on any atom is 0.245 e. The summed E-state index contributed by atoms with van der Waals surface area (Å²) in [5.41, 5.74) is 2.94. The molecule has 0 spiro atoms. The highest BCUT2D eigenvalue weighted by molar-refractivity contribution is 5.99. The second kappa shape index (κ2) is 4.97. The Kier molecular flexibility index (Phi) is 3.39. The minimum atomic E-state index is -0.484. The lowest BCUT2D eigenvalue weighted by Gasteiger charge is -2.05. The van der Waals surface area contributed by atoms with E-state index in [1.54, 1.807) is 0 Å². The molecule has 1 heterocycles. The van der Waals surface area contributed by atoms with E-state index >= 15 is 0 Å². The highest BCUT2D eigenvalue weighted by Crippen LogP contribution is 2.23. The maximum atomic E-state index is 11.2. The molecule has 3 N–H and O–H groups in total. The summed E-state index contributed by atoms with van der Waals surface area (Å²) in [5, 5.41) is 13.9. The lowest BCUT2D eigenvalue weighted by atomic mass is 10.1. The molecule has 2 rings (SSSR count). The second-order valence-corrected chi connectivity index (χ2v) is 3.97. The number of nitrogens with one attached hydrogen (secondary N) is 2. The molecule has 0 saturated carbocycles. The Balaban J connectivity index is 1.93. The van der Waals surface area contributed by atoms with Gasteiger partial charge in [0.15, 0.2) is 0 Å². The van der Waals surface area contributed by atoms with Crippen LogP contribution >= 0.6 is 0 Å². The zero-order valence-corrected chi connectivity index (χ0v) is 9.32. The Bertz CT molecular complexity index is 457. The predicted octanol–water partition coefficient (Wildman–Crippen LogP) is -0.168. The van der Waals surface area contributed by atoms with Crippen molar-refractivity contribution < 1.29 is 14.7 Å². The topological polar surface area (TPSA) is 78.4 Å². The summed E-state index contributed by atoms with van der Waals surface area (Å²) in [4.78, 5) is 22.0. The number of benzene rings is 1. The van der Waals surface area contributed by atoms with Crippen molar-refractivity contribution in [3.8, 4) is 0 Å². The van der Waals surface area contributed by atoms with E-state index in [1.165, 1.54) is 0 Å². The zero-order valence-electron chi connectivity index (χ0n) is 9.32. The fourth-order valence-corrected chi connectivity index (χ4v) is 1.84. The molecule has 17 heavy (non-hydrogen) atoms. The van der Waals surface area contributed by atoms with E-state index in [-0.39, 0.29) is 11.8 Å². The number of rotatable bonds is 4. The highest BCUT2D eigenvalue weighted by Gasteiger charge is 2.17. The zero-order chi connectivity index (χ0) is 12.3. The van der Waals surface area contributed by atoms with E-state index in [0.29, 0.717) is 19.4 Å². The molecule has 0 atom stereocenters. The summed E-state index contributed by atoms with van der Waals surface area (Å²) in [6.07, 6.45) is 1.11. The number of carbonyl (C=O) groups excluding carboxylic acids is 2. The normalized spacial score (nSPS) is 13.1. The van der Waals surface area contributed by atoms with Gasteiger partial charge in [-0.2, -0.15) is 0 Å². The summed E-state index contributed by atoms with van der Waals surface area (Å²) in [7, 11) is 0. The molecule has 0 aliphatic carbocycles. The Morgan fingerprint density at radius 1 is 1.47 bits per heavy atom. The van der Waals surface area contributed by atoms with E-state index in [4.69, 9.17) is 5.11 Å². The number of hydrogen-bond acceptors (Lipinski definition) is 3. The number of hydrogen-bond donors (Lipinski definition) is 3. The maximum absolute atomic E-state index is 11.2. The van der Waals surface area contributed by atoms with Crippen molar-refractivity contribution in [2.24, 2.45) is 0 Å². The average molecular weight is 234 g/mol. The predicted molar refractivity (Wildman–Crippen MR) is 62.6 cm³/mol. The van der Waals surface area contributed by atoms with Crippen LogP contribution in [0.25, 0.3) is 0 Å². The smallest absolute Gasteiger partial charge is 0.245 e. The number of amides is 2. The van der Waals surface area contributed by atoms with Crippen LogP contribution in [0.2, 0.25) is 0 Å². The van der Waals surface area contributed by atoms with Gasteiger partial charge in [-0.25, -0.2) is 0 Å². The molecular formula is C12H14N2O3. The van der Waals surface area contributed by atoms with Crippen LogP contribution < -0.4 is 10.6 Å². The van der Waals surface area contributed by atoms with Gasteiger partial charge in [0.05, 0.1) is 6.42 Å². The molecule has 1 aromatic carbocycles. The van der Waals surface area contributed by atoms with Crippen LogP contribution in [0.5, 0.6) is 0 Å². The number of fused-ring (bicyclic) bond motifs is 1. The molecule has 0 unspecified atom stereocenters. The number of anilines is 1. The van der Waals surface area contributed by atoms with Crippen LogP contribution in [-0.2, 0) is 22.4 Å². The lowest BCUT2D eigenvalue weighted by molar-refractivity contribution is -0.123. The summed E-state index contributed by atoms with van der Waals surface area (Å²) in [6, 6.07) is 5.78. The molecule has 1 aliphatic rings. The van der Waals surface area contributed by atoms with Gasteiger partial charge in [0.2, 0.25) is 11.8 Å². The molecule has 1 aliphatic heterocycles. The van der Waals surface area contributed by atoms with Gasteiger partial charge in [-0.1, -0.05) is 12.1 Å². The molecule has 2 amide bonds. The lowest BCUT2D eigenvalue weighted by Crippen LogP contribution is -2.28. The van der Waals surface area contributed by atoms with Crippen LogP contribution in [0, 0.1) is 0 Å². The van der Waals surface area contributed by atoms with Gasteiger partial charge in [-0.05, 0) is 23.6 Å². The second-order valence-electron chi connectivity index (χ2n) is 3.97. The summed E-state index contributed by atoms with van der Waals surface area (Å²) < 4.78 is 0. The van der Waals surface area contributed by atoms with E-state index in [2.05, 4.69) is 10.6 Å². The summed E-state index contributed by atoms with van der Waals surface area (Å²) >= 11 is 0. The van der Waals surface area contributed by atoms with Crippen molar-refractivity contribution in [3.05, 3.63) is 29.3 Å². The molecular weight excluding hydrogens is 220 g/mol. The molecule has 0 radical (unpaired) electrons. The van der Waals surface area contributed by atoms with Crippen LogP contribution in [0.3, 0.4) is 0 Å². The average Bonchev–Trinajstić information content (AvgIpc) is 2.68. The van der Waals surface area contributed by atoms with Crippen molar-refractivity contribution in [3.63, 3.8) is 0 Å². The first kappa shape index (κ1) is 11.6. The van der Waals surface area contributed by atoms with Crippen molar-refractivity contribution in [1.29, 1.82) is 0 Å². The molecule has 0 fully saturated rings. The van der Waals surface area contributed by atoms with Gasteiger partial charge >= 0.3 is 0 Å².